The summed E-state index contributed by atoms with van der Waals surface area (Å²) < 4.78 is 35.0. The molecule has 0 aromatic rings. The lowest BCUT2D eigenvalue weighted by molar-refractivity contribution is -0.192. The van der Waals surface area contributed by atoms with Crippen molar-refractivity contribution in [3.63, 3.8) is 0 Å². The molecule has 92 valence electrons. The van der Waals surface area contributed by atoms with E-state index in [-0.39, 0.29) is 19.0 Å². The molecule has 3 N–H and O–H groups in total. The quantitative estimate of drug-likeness (QED) is 0.536. The van der Waals surface area contributed by atoms with E-state index in [1.807, 2.05) is 0 Å². The molecular weight excluding hydrogens is 231 g/mol. The van der Waals surface area contributed by atoms with Crippen LogP contribution < -0.4 is 16.1 Å². The lowest BCUT2D eigenvalue weighted by Gasteiger charge is -2.22. The van der Waals surface area contributed by atoms with E-state index in [1.54, 1.807) is 5.48 Å². The number of hydrogen-bond donors (Lipinski definition) is 3. The lowest BCUT2D eigenvalue weighted by Crippen LogP contribution is -2.58. The first kappa shape index (κ1) is 12.7. The highest BCUT2D eigenvalue weighted by atomic mass is 19.4. The molecule has 1 atom stereocenters. The second-order valence-electron chi connectivity index (χ2n) is 3.11. The molecule has 0 saturated carbocycles. The van der Waals surface area contributed by atoms with E-state index in [9.17, 15) is 22.8 Å². The summed E-state index contributed by atoms with van der Waals surface area (Å²) in [4.78, 5) is 25.8. The van der Waals surface area contributed by atoms with Gasteiger partial charge in [-0.1, -0.05) is 0 Å². The molecule has 0 aromatic heterocycles. The molecule has 0 aromatic carbocycles. The summed E-state index contributed by atoms with van der Waals surface area (Å²) >= 11 is 0. The van der Waals surface area contributed by atoms with Crippen LogP contribution >= 0.6 is 0 Å². The van der Waals surface area contributed by atoms with Gasteiger partial charge in [0.1, 0.15) is 6.04 Å². The second kappa shape index (κ2) is 5.12. The van der Waals surface area contributed by atoms with Gasteiger partial charge in [0.15, 0.2) is 6.61 Å². The van der Waals surface area contributed by atoms with Gasteiger partial charge in [0.05, 0.1) is 6.54 Å². The molecule has 1 rings (SSSR count). The minimum atomic E-state index is -4.50. The van der Waals surface area contributed by atoms with Gasteiger partial charge in [-0.2, -0.15) is 13.2 Å². The van der Waals surface area contributed by atoms with E-state index in [0.717, 1.165) is 0 Å². The number of halogens is 3. The average Bonchev–Trinajstić information content (AvgIpc) is 2.16. The van der Waals surface area contributed by atoms with Gasteiger partial charge in [0.25, 0.3) is 5.91 Å². The van der Waals surface area contributed by atoms with Crippen LogP contribution in [0.4, 0.5) is 13.2 Å². The van der Waals surface area contributed by atoms with Gasteiger partial charge in [-0.3, -0.25) is 19.7 Å². The Labute approximate surface area is 88.5 Å². The van der Waals surface area contributed by atoms with Crippen molar-refractivity contribution >= 4 is 11.8 Å². The molecule has 0 aliphatic carbocycles. The second-order valence-corrected chi connectivity index (χ2v) is 3.11. The highest BCUT2D eigenvalue weighted by Gasteiger charge is 2.29. The van der Waals surface area contributed by atoms with Crippen LogP contribution in [0.2, 0.25) is 0 Å². The maximum absolute atomic E-state index is 11.7. The van der Waals surface area contributed by atoms with Crippen LogP contribution in [-0.4, -0.2) is 43.7 Å². The molecule has 1 saturated heterocycles. The number of piperazine rings is 1. The normalized spacial score (nSPS) is 21.4. The van der Waals surface area contributed by atoms with E-state index in [2.05, 4.69) is 15.5 Å². The first-order valence-electron chi connectivity index (χ1n) is 4.37. The van der Waals surface area contributed by atoms with E-state index in [1.165, 1.54) is 0 Å². The zero-order valence-corrected chi connectivity index (χ0v) is 8.06. The fraction of sp³-hybridized carbons (Fsp3) is 0.714. The smallest absolute Gasteiger partial charge is 0.353 e. The average molecular weight is 241 g/mol. The standard InChI is InChI=1S/C7H10F3N3O3/c8-7(9,10)3-16-13-6(15)4-1-12-5(14)2-11-4/h4,11H,1-3H2,(H,12,14)(H,13,15). The molecule has 16 heavy (non-hydrogen) atoms. The summed E-state index contributed by atoms with van der Waals surface area (Å²) in [6, 6.07) is -0.786. The summed E-state index contributed by atoms with van der Waals surface area (Å²) in [6.07, 6.45) is -4.50. The molecule has 0 bridgehead atoms. The van der Waals surface area contributed by atoms with Crippen LogP contribution in [-0.2, 0) is 14.4 Å². The van der Waals surface area contributed by atoms with Crippen molar-refractivity contribution in [1.29, 1.82) is 0 Å². The minimum absolute atomic E-state index is 0.0139. The van der Waals surface area contributed by atoms with Crippen molar-refractivity contribution in [3.05, 3.63) is 0 Å². The van der Waals surface area contributed by atoms with Crippen LogP contribution in [0.25, 0.3) is 0 Å². The lowest BCUT2D eigenvalue weighted by atomic mass is 10.2. The van der Waals surface area contributed by atoms with Crippen molar-refractivity contribution in [2.45, 2.75) is 12.2 Å². The number of alkyl halides is 3. The van der Waals surface area contributed by atoms with Crippen LogP contribution in [0.1, 0.15) is 0 Å². The third-order valence-electron chi connectivity index (χ3n) is 1.74. The van der Waals surface area contributed by atoms with E-state index in [0.29, 0.717) is 0 Å². The molecule has 6 nitrogen and oxygen atoms in total. The highest BCUT2D eigenvalue weighted by molar-refractivity contribution is 5.86. The number of rotatable bonds is 3. The fourth-order valence-electron chi connectivity index (χ4n) is 1.01. The third kappa shape index (κ3) is 4.45. The zero-order valence-electron chi connectivity index (χ0n) is 8.06. The molecule has 1 heterocycles. The number of hydrogen-bond acceptors (Lipinski definition) is 4. The molecule has 0 radical (unpaired) electrons. The van der Waals surface area contributed by atoms with Crippen LogP contribution in [0, 0.1) is 0 Å². The number of carbonyl (C=O) groups is 2. The van der Waals surface area contributed by atoms with Crippen molar-refractivity contribution in [3.8, 4) is 0 Å². The van der Waals surface area contributed by atoms with E-state index in [4.69, 9.17) is 0 Å². The van der Waals surface area contributed by atoms with Crippen molar-refractivity contribution in [1.82, 2.24) is 16.1 Å². The highest BCUT2D eigenvalue weighted by Crippen LogP contribution is 2.13. The summed E-state index contributed by atoms with van der Waals surface area (Å²) in [5.74, 6) is -1.04. The Bertz CT molecular complexity index is 272. The Morgan fingerprint density at radius 2 is 2.25 bits per heavy atom. The number of nitrogens with one attached hydrogen (secondary N) is 3. The number of amides is 2. The molecular formula is C7H10F3N3O3. The number of hydroxylamine groups is 1. The van der Waals surface area contributed by atoms with Gasteiger partial charge in [-0.05, 0) is 0 Å². The van der Waals surface area contributed by atoms with E-state index >= 15 is 0 Å². The molecule has 1 fully saturated rings. The summed E-state index contributed by atoms with van der Waals surface area (Å²) in [6.45, 7) is -1.60. The predicted molar refractivity (Wildman–Crippen MR) is 45.0 cm³/mol. The molecule has 2 amide bonds. The zero-order chi connectivity index (χ0) is 12.2. The van der Waals surface area contributed by atoms with Crippen LogP contribution in [0.5, 0.6) is 0 Å². The molecule has 0 spiro atoms. The van der Waals surface area contributed by atoms with Gasteiger partial charge < -0.3 is 5.32 Å². The maximum atomic E-state index is 11.7. The van der Waals surface area contributed by atoms with Crippen molar-refractivity contribution < 1.29 is 27.6 Å². The van der Waals surface area contributed by atoms with Gasteiger partial charge in [-0.25, -0.2) is 5.48 Å². The molecule has 1 aliphatic heterocycles. The monoisotopic (exact) mass is 241 g/mol. The summed E-state index contributed by atoms with van der Waals surface area (Å²) in [7, 11) is 0. The topological polar surface area (TPSA) is 79.5 Å². The first-order valence-corrected chi connectivity index (χ1v) is 4.37. The van der Waals surface area contributed by atoms with Crippen LogP contribution in [0.15, 0.2) is 0 Å². The summed E-state index contributed by atoms with van der Waals surface area (Å²) in [5.41, 5.74) is 1.65. The Morgan fingerprint density at radius 1 is 1.56 bits per heavy atom. The van der Waals surface area contributed by atoms with Gasteiger partial charge >= 0.3 is 6.18 Å². The summed E-state index contributed by atoms with van der Waals surface area (Å²) in [5, 5.41) is 4.91. The van der Waals surface area contributed by atoms with Gasteiger partial charge in [0.2, 0.25) is 5.91 Å². The Hall–Kier alpha value is -1.35. The minimum Gasteiger partial charge on any atom is -0.353 e. The van der Waals surface area contributed by atoms with Crippen LogP contribution in [0.3, 0.4) is 0 Å². The van der Waals surface area contributed by atoms with Crippen molar-refractivity contribution in [2.75, 3.05) is 19.7 Å². The predicted octanol–water partition coefficient (Wildman–Crippen LogP) is -1.32. The Kier molecular flexibility index (Phi) is 4.07. The molecule has 1 aliphatic rings. The maximum Gasteiger partial charge on any atom is 0.414 e. The third-order valence-corrected chi connectivity index (χ3v) is 1.74. The molecule has 9 heteroatoms. The molecule has 1 unspecified atom stereocenters. The fourth-order valence-corrected chi connectivity index (χ4v) is 1.01. The Morgan fingerprint density at radius 3 is 2.75 bits per heavy atom. The van der Waals surface area contributed by atoms with Crippen molar-refractivity contribution in [2.24, 2.45) is 0 Å². The SMILES string of the molecule is O=C1CNC(C(=O)NOCC(F)(F)F)CN1. The Balaban J connectivity index is 2.22. The van der Waals surface area contributed by atoms with Gasteiger partial charge in [0, 0.05) is 6.54 Å². The number of carbonyl (C=O) groups excluding carboxylic acids is 2. The van der Waals surface area contributed by atoms with Gasteiger partial charge in [-0.15, -0.1) is 0 Å². The first-order chi connectivity index (χ1) is 7.38. The largest absolute Gasteiger partial charge is 0.414 e. The van der Waals surface area contributed by atoms with E-state index < -0.39 is 24.7 Å².